The molecule has 0 fully saturated rings. The summed E-state index contributed by atoms with van der Waals surface area (Å²) in [6.45, 7) is 5.59. The third kappa shape index (κ3) is 4.44. The van der Waals surface area contributed by atoms with Crippen LogP contribution in [-0.2, 0) is 6.54 Å². The number of hydrogen-bond acceptors (Lipinski definition) is 10. The van der Waals surface area contributed by atoms with Gasteiger partial charge in [-0.2, -0.15) is 9.78 Å². The van der Waals surface area contributed by atoms with Crippen molar-refractivity contribution >= 4 is 23.9 Å². The van der Waals surface area contributed by atoms with Gasteiger partial charge in [0.2, 0.25) is 11.8 Å². The lowest BCUT2D eigenvalue weighted by Gasteiger charge is -2.12. The molecule has 4 aromatic heterocycles. The minimum Gasteiger partial charge on any atom is -0.368 e. The van der Waals surface area contributed by atoms with Crippen LogP contribution in [0.25, 0.3) is 34.0 Å². The molecule has 1 aromatic carbocycles. The van der Waals surface area contributed by atoms with Gasteiger partial charge in [-0.05, 0) is 60.0 Å². The van der Waals surface area contributed by atoms with E-state index >= 15 is 0 Å². The smallest absolute Gasteiger partial charge is 0.223 e. The SMILES string of the molecule is C=N/C=C\C(=C/C)c1c(-c2cccc(C#N)c2)nc(N)n2nc(Cn3nnnc3-c3ccccn3)nc12. The lowest BCUT2D eigenvalue weighted by atomic mass is 9.98. The highest BCUT2D eigenvalue weighted by molar-refractivity contribution is 5.91. The maximum atomic E-state index is 9.42. The van der Waals surface area contributed by atoms with Crippen molar-refractivity contribution in [1.82, 2.24) is 44.8 Å². The van der Waals surface area contributed by atoms with Gasteiger partial charge in [0, 0.05) is 18.0 Å². The maximum Gasteiger partial charge on any atom is 0.223 e. The second-order valence-electron chi connectivity index (χ2n) is 7.77. The Balaban J connectivity index is 1.69. The Kier molecular flexibility index (Phi) is 6.24. The fraction of sp³-hybridized carbons (Fsp3) is 0.0800. The van der Waals surface area contributed by atoms with Gasteiger partial charge in [0.15, 0.2) is 11.5 Å². The average Bonchev–Trinajstić information content (AvgIpc) is 3.58. The molecule has 5 rings (SSSR count). The summed E-state index contributed by atoms with van der Waals surface area (Å²) in [5.74, 6) is 1.04. The summed E-state index contributed by atoms with van der Waals surface area (Å²) >= 11 is 0. The zero-order chi connectivity index (χ0) is 25.8. The van der Waals surface area contributed by atoms with E-state index < -0.39 is 0 Å². The van der Waals surface area contributed by atoms with Gasteiger partial charge in [-0.1, -0.05) is 24.3 Å². The van der Waals surface area contributed by atoms with Crippen LogP contribution in [0.15, 0.2) is 72.0 Å². The number of aromatic nitrogens is 9. The number of nitrogens with zero attached hydrogens (tertiary/aromatic N) is 11. The lowest BCUT2D eigenvalue weighted by molar-refractivity contribution is 0.627. The fourth-order valence-electron chi connectivity index (χ4n) is 3.86. The Hall–Kier alpha value is -5.57. The quantitative estimate of drug-likeness (QED) is 0.268. The van der Waals surface area contributed by atoms with Crippen molar-refractivity contribution in [2.45, 2.75) is 13.5 Å². The molecule has 0 spiro atoms. The van der Waals surface area contributed by atoms with Crippen molar-refractivity contribution in [1.29, 1.82) is 5.26 Å². The molecule has 12 nitrogen and oxygen atoms in total. The van der Waals surface area contributed by atoms with E-state index in [1.165, 1.54) is 4.52 Å². The minimum absolute atomic E-state index is 0.137. The number of benzene rings is 1. The maximum absolute atomic E-state index is 9.42. The Morgan fingerprint density at radius 2 is 2.11 bits per heavy atom. The van der Waals surface area contributed by atoms with E-state index in [1.807, 2.05) is 37.3 Å². The van der Waals surface area contributed by atoms with Gasteiger partial charge >= 0.3 is 0 Å². The molecular formula is C25H20N12. The number of pyridine rings is 1. The van der Waals surface area contributed by atoms with Crippen LogP contribution >= 0.6 is 0 Å². The van der Waals surface area contributed by atoms with Crippen molar-refractivity contribution in [2.24, 2.45) is 4.99 Å². The van der Waals surface area contributed by atoms with Crippen LogP contribution in [-0.4, -0.2) is 51.5 Å². The molecule has 2 N–H and O–H groups in total. The predicted octanol–water partition coefficient (Wildman–Crippen LogP) is 2.96. The summed E-state index contributed by atoms with van der Waals surface area (Å²) in [6, 6.07) is 14.8. The van der Waals surface area contributed by atoms with Crippen LogP contribution in [0, 0.1) is 11.3 Å². The monoisotopic (exact) mass is 488 g/mol. The predicted molar refractivity (Wildman–Crippen MR) is 138 cm³/mol. The van der Waals surface area contributed by atoms with Crippen molar-refractivity contribution < 1.29 is 0 Å². The molecule has 0 radical (unpaired) electrons. The number of nitrogen functional groups attached to an aromatic ring is 1. The first kappa shape index (κ1) is 23.2. The van der Waals surface area contributed by atoms with Gasteiger partial charge in [0.1, 0.15) is 12.2 Å². The van der Waals surface area contributed by atoms with Crippen LogP contribution < -0.4 is 5.73 Å². The molecule has 180 valence electrons. The van der Waals surface area contributed by atoms with Crippen molar-refractivity contribution in [2.75, 3.05) is 5.73 Å². The van der Waals surface area contributed by atoms with Crippen LogP contribution in [0.5, 0.6) is 0 Å². The van der Waals surface area contributed by atoms with Crippen LogP contribution in [0.1, 0.15) is 23.9 Å². The van der Waals surface area contributed by atoms with E-state index in [4.69, 9.17) is 10.7 Å². The second kappa shape index (κ2) is 9.96. The third-order valence-electron chi connectivity index (χ3n) is 5.50. The summed E-state index contributed by atoms with van der Waals surface area (Å²) in [4.78, 5) is 17.6. The summed E-state index contributed by atoms with van der Waals surface area (Å²) in [5.41, 5.74) is 10.7. The van der Waals surface area contributed by atoms with Gasteiger partial charge in [0.25, 0.3) is 0 Å². The zero-order valence-corrected chi connectivity index (χ0v) is 19.8. The van der Waals surface area contributed by atoms with E-state index in [1.54, 1.807) is 41.4 Å². The molecule has 0 aliphatic carbocycles. The Morgan fingerprint density at radius 3 is 2.86 bits per heavy atom. The average molecular weight is 489 g/mol. The molecule has 0 unspecified atom stereocenters. The Morgan fingerprint density at radius 1 is 1.22 bits per heavy atom. The van der Waals surface area contributed by atoms with E-state index in [-0.39, 0.29) is 12.5 Å². The summed E-state index contributed by atoms with van der Waals surface area (Å²) in [7, 11) is 0. The van der Waals surface area contributed by atoms with Crippen molar-refractivity contribution in [3.63, 3.8) is 0 Å². The molecule has 0 aliphatic heterocycles. The normalized spacial score (nSPS) is 11.7. The van der Waals surface area contributed by atoms with Crippen LogP contribution in [0.4, 0.5) is 5.95 Å². The molecule has 0 bridgehead atoms. The molecule has 0 atom stereocenters. The van der Waals surface area contributed by atoms with E-state index in [0.29, 0.717) is 45.4 Å². The summed E-state index contributed by atoms with van der Waals surface area (Å²) < 4.78 is 3.04. The first-order valence-corrected chi connectivity index (χ1v) is 11.1. The molecule has 0 saturated carbocycles. The van der Waals surface area contributed by atoms with Crippen LogP contribution in [0.2, 0.25) is 0 Å². The number of fused-ring (bicyclic) bond motifs is 1. The van der Waals surface area contributed by atoms with Gasteiger partial charge in [-0.3, -0.25) is 9.98 Å². The number of tetrazole rings is 1. The van der Waals surface area contributed by atoms with Crippen molar-refractivity contribution in [3.05, 3.63) is 84.0 Å². The van der Waals surface area contributed by atoms with Gasteiger partial charge in [-0.25, -0.2) is 14.6 Å². The number of anilines is 1. The Labute approximate surface area is 211 Å². The Bertz CT molecular complexity index is 1700. The molecule has 0 aliphatic rings. The first-order valence-electron chi connectivity index (χ1n) is 11.1. The molecule has 4 heterocycles. The number of rotatable bonds is 7. The highest BCUT2D eigenvalue weighted by Gasteiger charge is 2.21. The molecule has 0 amide bonds. The molecule has 12 heteroatoms. The lowest BCUT2D eigenvalue weighted by Crippen LogP contribution is -2.08. The zero-order valence-electron chi connectivity index (χ0n) is 19.8. The molecule has 5 aromatic rings. The summed E-state index contributed by atoms with van der Waals surface area (Å²) in [6.07, 6.45) is 6.95. The van der Waals surface area contributed by atoms with Crippen molar-refractivity contribution in [3.8, 4) is 28.8 Å². The number of nitrogens with two attached hydrogens (primary N) is 1. The summed E-state index contributed by atoms with van der Waals surface area (Å²) in [5, 5.41) is 26.0. The van der Waals surface area contributed by atoms with Gasteiger partial charge in [0.05, 0.1) is 22.9 Å². The highest BCUT2D eigenvalue weighted by Crippen LogP contribution is 2.33. The van der Waals surface area contributed by atoms with E-state index in [2.05, 4.69) is 48.4 Å². The number of allylic oxidation sites excluding steroid dienone is 3. The largest absolute Gasteiger partial charge is 0.368 e. The van der Waals surface area contributed by atoms with Gasteiger partial charge < -0.3 is 5.73 Å². The number of nitriles is 1. The number of hydrogen-bond donors (Lipinski definition) is 1. The minimum atomic E-state index is 0.137. The third-order valence-corrected chi connectivity index (χ3v) is 5.50. The topological polar surface area (TPSA) is 162 Å². The van der Waals surface area contributed by atoms with Crippen LogP contribution in [0.3, 0.4) is 0 Å². The highest BCUT2D eigenvalue weighted by atomic mass is 15.5. The fourth-order valence-corrected chi connectivity index (χ4v) is 3.86. The second-order valence-corrected chi connectivity index (χ2v) is 7.77. The molecule has 37 heavy (non-hydrogen) atoms. The molecule has 0 saturated heterocycles. The van der Waals surface area contributed by atoms with Gasteiger partial charge in [-0.15, -0.1) is 10.2 Å². The molecular weight excluding hydrogens is 468 g/mol. The number of aliphatic imine (C=N–C) groups is 1. The van der Waals surface area contributed by atoms with E-state index in [0.717, 1.165) is 5.57 Å². The standard InChI is InChI=1S/C25H20N12/c1-3-17(10-12-28-2)21-22(18-8-6-7-16(13-18)14-26)31-25(27)37-24(21)30-20(33-37)15-36-23(32-34-35-36)19-9-4-5-11-29-19/h3-13H,2,15H2,1H3,(H2,27,31)/b12-10-,17-3+. The van der Waals surface area contributed by atoms with E-state index in [9.17, 15) is 5.26 Å². The first-order chi connectivity index (χ1) is 18.1.